The molecule has 5 N–H and O–H groups in total. The van der Waals surface area contributed by atoms with E-state index in [0.29, 0.717) is 18.7 Å². The molecule has 2 rings (SSSR count). The molecule has 0 radical (unpaired) electrons. The minimum atomic E-state index is -3.72. The van der Waals surface area contributed by atoms with Crippen LogP contribution in [0, 0.1) is 11.3 Å². The van der Waals surface area contributed by atoms with Crippen molar-refractivity contribution in [1.29, 1.82) is 5.26 Å². The fourth-order valence-corrected chi connectivity index (χ4v) is 2.68. The van der Waals surface area contributed by atoms with Crippen molar-refractivity contribution < 1.29 is 18.3 Å². The third-order valence-electron chi connectivity index (χ3n) is 3.53. The molecule has 1 amide bonds. The zero-order valence-electron chi connectivity index (χ0n) is 14.2. The van der Waals surface area contributed by atoms with Crippen molar-refractivity contribution >= 4 is 21.6 Å². The number of aromatic hydroxyl groups is 1. The zero-order chi connectivity index (χ0) is 19.9. The Morgan fingerprint density at radius 3 is 2.52 bits per heavy atom. The van der Waals surface area contributed by atoms with Gasteiger partial charge in [0.1, 0.15) is 17.4 Å². The maximum absolute atomic E-state index is 12.1. The van der Waals surface area contributed by atoms with Crippen LogP contribution in [0.3, 0.4) is 0 Å². The number of phenolic OH excluding ortho intramolecular Hbond substituents is 1. The minimum Gasteiger partial charge on any atom is -0.508 e. The summed E-state index contributed by atoms with van der Waals surface area (Å²) in [7, 11) is -3.72. The van der Waals surface area contributed by atoms with Crippen molar-refractivity contribution in [3.05, 3.63) is 65.9 Å². The van der Waals surface area contributed by atoms with E-state index in [-0.39, 0.29) is 16.2 Å². The highest BCUT2D eigenvalue weighted by atomic mass is 32.2. The van der Waals surface area contributed by atoms with Crippen LogP contribution < -0.4 is 15.8 Å². The van der Waals surface area contributed by atoms with Crippen LogP contribution in [0.25, 0.3) is 0 Å². The molecule has 0 unspecified atom stereocenters. The fraction of sp³-hybridized carbons (Fsp3) is 0.111. The summed E-state index contributed by atoms with van der Waals surface area (Å²) in [6.07, 6.45) is 1.85. The number of rotatable bonds is 7. The third-order valence-corrected chi connectivity index (χ3v) is 4.45. The summed E-state index contributed by atoms with van der Waals surface area (Å²) in [6, 6.07) is 13.9. The van der Waals surface area contributed by atoms with Crippen LogP contribution in [0.1, 0.15) is 5.56 Å². The Bertz CT molecular complexity index is 993. The van der Waals surface area contributed by atoms with Gasteiger partial charge in [-0.05, 0) is 36.2 Å². The van der Waals surface area contributed by atoms with Crippen LogP contribution >= 0.6 is 0 Å². The van der Waals surface area contributed by atoms with E-state index in [1.54, 1.807) is 30.3 Å². The molecule has 0 aliphatic heterocycles. The van der Waals surface area contributed by atoms with Crippen molar-refractivity contribution in [3.8, 4) is 11.8 Å². The molecule has 0 aliphatic carbocycles. The molecule has 0 aliphatic rings. The number of anilines is 1. The van der Waals surface area contributed by atoms with Gasteiger partial charge in [0.05, 0.1) is 4.90 Å². The van der Waals surface area contributed by atoms with E-state index in [4.69, 9.17) is 10.4 Å². The van der Waals surface area contributed by atoms with Gasteiger partial charge in [0.15, 0.2) is 0 Å². The quantitative estimate of drug-likeness (QED) is 0.320. The van der Waals surface area contributed by atoms with E-state index >= 15 is 0 Å². The molecule has 0 saturated heterocycles. The van der Waals surface area contributed by atoms with E-state index in [9.17, 15) is 18.3 Å². The summed E-state index contributed by atoms with van der Waals surface area (Å²) < 4.78 is 22.4. The number of nitriles is 1. The summed E-state index contributed by atoms with van der Waals surface area (Å²) in [5, 5.41) is 28.9. The van der Waals surface area contributed by atoms with E-state index < -0.39 is 15.9 Å². The molecule has 9 heteroatoms. The molecular weight excluding hydrogens is 368 g/mol. The SMILES string of the molecule is N#C/C(=C/NCCc1ccc(S(N)(=O)=O)cc1)C(=O)Nc1cccc(O)c1. The number of sulfonamides is 1. The number of hydrogen-bond donors (Lipinski definition) is 4. The van der Waals surface area contributed by atoms with Crippen LogP contribution in [0.15, 0.2) is 65.2 Å². The number of hydrogen-bond acceptors (Lipinski definition) is 6. The Labute approximate surface area is 157 Å². The first kappa shape index (κ1) is 20.0. The summed E-state index contributed by atoms with van der Waals surface area (Å²) >= 11 is 0. The van der Waals surface area contributed by atoms with Gasteiger partial charge in [-0.3, -0.25) is 4.79 Å². The third kappa shape index (κ3) is 6.14. The summed E-state index contributed by atoms with van der Waals surface area (Å²) in [4.78, 5) is 12.1. The second kappa shape index (κ2) is 8.84. The standard InChI is InChI=1S/C18H18N4O4S/c19-11-14(18(24)22-15-2-1-3-16(23)10-15)12-21-9-8-13-4-6-17(7-5-13)27(20,25)26/h1-7,10,12,21,23H,8-9H2,(H,22,24)(H2,20,25,26)/b14-12-. The summed E-state index contributed by atoms with van der Waals surface area (Å²) in [5.74, 6) is -0.602. The fourth-order valence-electron chi connectivity index (χ4n) is 2.17. The molecule has 0 heterocycles. The molecule has 0 aromatic heterocycles. The van der Waals surface area contributed by atoms with E-state index in [2.05, 4.69) is 10.6 Å². The van der Waals surface area contributed by atoms with Crippen molar-refractivity contribution in [1.82, 2.24) is 5.32 Å². The van der Waals surface area contributed by atoms with Gasteiger partial charge in [-0.15, -0.1) is 0 Å². The predicted octanol–water partition coefficient (Wildman–Crippen LogP) is 1.22. The van der Waals surface area contributed by atoms with Crippen molar-refractivity contribution in [2.24, 2.45) is 5.14 Å². The van der Waals surface area contributed by atoms with E-state index in [1.165, 1.54) is 30.5 Å². The van der Waals surface area contributed by atoms with Crippen LogP contribution in [0.2, 0.25) is 0 Å². The molecule has 0 fully saturated rings. The Balaban J connectivity index is 1.89. The lowest BCUT2D eigenvalue weighted by atomic mass is 10.1. The highest BCUT2D eigenvalue weighted by Crippen LogP contribution is 2.16. The molecule has 0 atom stereocenters. The number of nitrogens with two attached hydrogens (primary N) is 1. The van der Waals surface area contributed by atoms with Gasteiger partial charge in [0.2, 0.25) is 10.0 Å². The highest BCUT2D eigenvalue weighted by molar-refractivity contribution is 7.89. The summed E-state index contributed by atoms with van der Waals surface area (Å²) in [6.45, 7) is 0.430. The second-order valence-electron chi connectivity index (χ2n) is 5.57. The minimum absolute atomic E-state index is 0.00173. The number of phenols is 1. The first-order valence-corrected chi connectivity index (χ1v) is 9.40. The Morgan fingerprint density at radius 1 is 1.22 bits per heavy atom. The first-order valence-electron chi connectivity index (χ1n) is 7.85. The first-order chi connectivity index (χ1) is 12.8. The van der Waals surface area contributed by atoms with Crippen LogP contribution in [0.5, 0.6) is 5.75 Å². The van der Waals surface area contributed by atoms with Crippen molar-refractivity contribution in [2.75, 3.05) is 11.9 Å². The van der Waals surface area contributed by atoms with Gasteiger partial charge in [-0.1, -0.05) is 18.2 Å². The van der Waals surface area contributed by atoms with Gasteiger partial charge in [0.25, 0.3) is 5.91 Å². The van der Waals surface area contributed by atoms with Crippen LogP contribution in [0.4, 0.5) is 5.69 Å². The molecule has 0 spiro atoms. The molecule has 0 saturated carbocycles. The number of nitrogens with one attached hydrogen (secondary N) is 2. The molecule has 140 valence electrons. The van der Waals surface area contributed by atoms with Crippen LogP contribution in [-0.2, 0) is 21.2 Å². The van der Waals surface area contributed by atoms with E-state index in [1.807, 2.05) is 0 Å². The number of carbonyl (C=O) groups excluding carboxylic acids is 1. The molecule has 2 aromatic rings. The normalized spacial score (nSPS) is 11.5. The molecule has 27 heavy (non-hydrogen) atoms. The number of nitrogens with zero attached hydrogens (tertiary/aromatic N) is 1. The second-order valence-corrected chi connectivity index (χ2v) is 7.13. The van der Waals surface area contributed by atoms with Gasteiger partial charge in [0, 0.05) is 24.5 Å². The Hall–Kier alpha value is -3.35. The molecule has 0 bridgehead atoms. The van der Waals surface area contributed by atoms with Gasteiger partial charge in [-0.25, -0.2) is 13.6 Å². The van der Waals surface area contributed by atoms with Gasteiger partial charge < -0.3 is 15.7 Å². The zero-order valence-corrected chi connectivity index (χ0v) is 15.0. The predicted molar refractivity (Wildman–Crippen MR) is 100.0 cm³/mol. The van der Waals surface area contributed by atoms with Crippen LogP contribution in [-0.4, -0.2) is 26.0 Å². The number of primary sulfonamides is 1. The van der Waals surface area contributed by atoms with E-state index in [0.717, 1.165) is 5.56 Å². The van der Waals surface area contributed by atoms with Gasteiger partial charge in [-0.2, -0.15) is 5.26 Å². The lowest BCUT2D eigenvalue weighted by molar-refractivity contribution is -0.112. The Morgan fingerprint density at radius 2 is 1.93 bits per heavy atom. The summed E-state index contributed by atoms with van der Waals surface area (Å²) in [5.41, 5.74) is 1.12. The average Bonchev–Trinajstić information content (AvgIpc) is 2.61. The lowest BCUT2D eigenvalue weighted by Crippen LogP contribution is -2.18. The number of amides is 1. The molecular formula is C18H18N4O4S. The van der Waals surface area contributed by atoms with Crippen molar-refractivity contribution in [2.45, 2.75) is 11.3 Å². The highest BCUT2D eigenvalue weighted by Gasteiger charge is 2.09. The topological polar surface area (TPSA) is 145 Å². The van der Waals surface area contributed by atoms with Crippen molar-refractivity contribution in [3.63, 3.8) is 0 Å². The molecule has 2 aromatic carbocycles. The maximum Gasteiger partial charge on any atom is 0.267 e. The smallest absolute Gasteiger partial charge is 0.267 e. The molecule has 8 nitrogen and oxygen atoms in total. The van der Waals surface area contributed by atoms with Gasteiger partial charge >= 0.3 is 0 Å². The lowest BCUT2D eigenvalue weighted by Gasteiger charge is -2.06. The Kier molecular flexibility index (Phi) is 6.54. The maximum atomic E-state index is 12.1. The largest absolute Gasteiger partial charge is 0.508 e. The number of carbonyl (C=O) groups is 1. The monoisotopic (exact) mass is 386 g/mol. The average molecular weight is 386 g/mol. The number of benzene rings is 2.